The molecule has 1 aliphatic rings. The highest BCUT2D eigenvalue weighted by molar-refractivity contribution is 6.37. The van der Waals surface area contributed by atoms with E-state index in [1.165, 1.54) is 45.4 Å². The van der Waals surface area contributed by atoms with Crippen LogP contribution in [-0.2, 0) is 4.79 Å². The first kappa shape index (κ1) is 11.9. The summed E-state index contributed by atoms with van der Waals surface area (Å²) in [5.41, 5.74) is 0. The van der Waals surface area contributed by atoms with E-state index in [1.807, 2.05) is 0 Å². The monoisotopic (exact) mass is 209 g/mol. The summed E-state index contributed by atoms with van der Waals surface area (Å²) in [6.45, 7) is 2.26. The Balaban J connectivity index is 2.14. The lowest BCUT2D eigenvalue weighted by atomic mass is 9.89. The fourth-order valence-corrected chi connectivity index (χ4v) is 1.81. The van der Waals surface area contributed by atoms with E-state index in [9.17, 15) is 4.79 Å². The SMILES string of the molecule is CC(=O)C(=N)/N=C\NCC1CCCCC1. The van der Waals surface area contributed by atoms with Crippen LogP contribution in [0.15, 0.2) is 4.99 Å². The van der Waals surface area contributed by atoms with E-state index in [0.29, 0.717) is 0 Å². The number of amidine groups is 1. The van der Waals surface area contributed by atoms with E-state index in [4.69, 9.17) is 5.41 Å². The standard InChI is InChI=1S/C11H19N3O/c1-9(15)11(12)14-8-13-7-10-5-3-2-4-6-10/h8,10H,2-7H2,1H3,(H2,12,13,14). The molecule has 0 unspecified atom stereocenters. The third-order valence-corrected chi connectivity index (χ3v) is 2.75. The van der Waals surface area contributed by atoms with Gasteiger partial charge in [0.05, 0.1) is 6.34 Å². The summed E-state index contributed by atoms with van der Waals surface area (Å²) in [7, 11) is 0. The van der Waals surface area contributed by atoms with E-state index < -0.39 is 0 Å². The molecule has 1 aliphatic carbocycles. The Hall–Kier alpha value is -1.19. The quantitative estimate of drug-likeness (QED) is 0.547. The van der Waals surface area contributed by atoms with Crippen LogP contribution in [0.5, 0.6) is 0 Å². The molecule has 1 fully saturated rings. The number of carbonyl (C=O) groups excluding carboxylic acids is 1. The molecular weight excluding hydrogens is 190 g/mol. The molecule has 0 aliphatic heterocycles. The van der Waals surface area contributed by atoms with Gasteiger partial charge in [0.25, 0.3) is 0 Å². The smallest absolute Gasteiger partial charge is 0.196 e. The molecule has 1 rings (SSSR count). The van der Waals surface area contributed by atoms with Crippen LogP contribution in [0.3, 0.4) is 0 Å². The minimum Gasteiger partial charge on any atom is -0.376 e. The van der Waals surface area contributed by atoms with Crippen LogP contribution in [0.2, 0.25) is 0 Å². The van der Waals surface area contributed by atoms with Gasteiger partial charge in [-0.05, 0) is 18.8 Å². The van der Waals surface area contributed by atoms with E-state index in [0.717, 1.165) is 12.5 Å². The van der Waals surface area contributed by atoms with Crippen LogP contribution < -0.4 is 5.32 Å². The summed E-state index contributed by atoms with van der Waals surface area (Å²) in [4.78, 5) is 14.4. The lowest BCUT2D eigenvalue weighted by Crippen LogP contribution is -2.24. The van der Waals surface area contributed by atoms with Gasteiger partial charge in [0, 0.05) is 13.5 Å². The molecule has 0 heterocycles. The summed E-state index contributed by atoms with van der Waals surface area (Å²) in [6.07, 6.45) is 8.05. The number of carbonyl (C=O) groups is 1. The predicted molar refractivity (Wildman–Crippen MR) is 61.5 cm³/mol. The van der Waals surface area contributed by atoms with E-state index in [-0.39, 0.29) is 11.6 Å². The van der Waals surface area contributed by atoms with Gasteiger partial charge in [-0.2, -0.15) is 0 Å². The zero-order chi connectivity index (χ0) is 11.1. The maximum atomic E-state index is 10.7. The first-order valence-electron chi connectivity index (χ1n) is 5.55. The molecule has 0 amide bonds. The maximum absolute atomic E-state index is 10.7. The molecule has 0 atom stereocenters. The van der Waals surface area contributed by atoms with Crippen LogP contribution in [0.25, 0.3) is 0 Å². The van der Waals surface area contributed by atoms with Crippen molar-refractivity contribution in [3.05, 3.63) is 0 Å². The number of hydrogen-bond acceptors (Lipinski definition) is 2. The van der Waals surface area contributed by atoms with Crippen LogP contribution in [0, 0.1) is 11.3 Å². The third kappa shape index (κ3) is 4.72. The first-order chi connectivity index (χ1) is 7.20. The second-order valence-corrected chi connectivity index (χ2v) is 4.08. The van der Waals surface area contributed by atoms with Gasteiger partial charge in [0.1, 0.15) is 0 Å². The van der Waals surface area contributed by atoms with Crippen molar-refractivity contribution in [3.8, 4) is 0 Å². The number of hydrogen-bond donors (Lipinski definition) is 2. The van der Waals surface area contributed by atoms with E-state index in [2.05, 4.69) is 10.3 Å². The zero-order valence-corrected chi connectivity index (χ0v) is 9.25. The van der Waals surface area contributed by atoms with Gasteiger partial charge in [-0.1, -0.05) is 19.3 Å². The minimum atomic E-state index is -0.300. The van der Waals surface area contributed by atoms with Crippen molar-refractivity contribution in [3.63, 3.8) is 0 Å². The Labute approximate surface area is 90.7 Å². The number of nitrogens with zero attached hydrogens (tertiary/aromatic N) is 1. The van der Waals surface area contributed by atoms with Crippen molar-refractivity contribution in [2.75, 3.05) is 6.54 Å². The van der Waals surface area contributed by atoms with E-state index in [1.54, 1.807) is 0 Å². The fraction of sp³-hybridized carbons (Fsp3) is 0.727. The summed E-state index contributed by atoms with van der Waals surface area (Å²) in [5.74, 6) is 0.244. The number of aliphatic imine (C=N–C) groups is 1. The Morgan fingerprint density at radius 2 is 2.13 bits per heavy atom. The van der Waals surface area contributed by atoms with Crippen LogP contribution in [0.4, 0.5) is 0 Å². The predicted octanol–water partition coefficient (Wildman–Crippen LogP) is 1.75. The topological polar surface area (TPSA) is 65.3 Å². The molecule has 15 heavy (non-hydrogen) atoms. The molecule has 4 nitrogen and oxygen atoms in total. The molecule has 0 saturated heterocycles. The van der Waals surface area contributed by atoms with Gasteiger partial charge in [-0.3, -0.25) is 10.2 Å². The maximum Gasteiger partial charge on any atom is 0.196 e. The summed E-state index contributed by atoms with van der Waals surface area (Å²) in [5, 5.41) is 10.2. The molecule has 0 spiro atoms. The van der Waals surface area contributed by atoms with Crippen molar-refractivity contribution in [1.29, 1.82) is 5.41 Å². The van der Waals surface area contributed by atoms with Crippen molar-refractivity contribution in [1.82, 2.24) is 5.32 Å². The minimum absolute atomic E-state index is 0.189. The van der Waals surface area contributed by atoms with Crippen molar-refractivity contribution in [2.24, 2.45) is 10.9 Å². The third-order valence-electron chi connectivity index (χ3n) is 2.75. The molecule has 0 aromatic carbocycles. The van der Waals surface area contributed by atoms with Gasteiger partial charge < -0.3 is 5.32 Å². The van der Waals surface area contributed by atoms with Crippen LogP contribution in [-0.4, -0.2) is 24.5 Å². The average molecular weight is 209 g/mol. The van der Waals surface area contributed by atoms with Gasteiger partial charge in [-0.25, -0.2) is 4.99 Å². The van der Waals surface area contributed by atoms with Gasteiger partial charge in [0.2, 0.25) is 0 Å². The Morgan fingerprint density at radius 1 is 1.47 bits per heavy atom. The first-order valence-corrected chi connectivity index (χ1v) is 5.55. The normalized spacial score (nSPS) is 17.9. The Bertz CT molecular complexity index is 255. The van der Waals surface area contributed by atoms with Gasteiger partial charge in [-0.15, -0.1) is 0 Å². The molecule has 0 aromatic heterocycles. The van der Waals surface area contributed by atoms with Crippen LogP contribution >= 0.6 is 0 Å². The molecule has 1 saturated carbocycles. The molecular formula is C11H19N3O. The lowest BCUT2D eigenvalue weighted by molar-refractivity contribution is -0.111. The van der Waals surface area contributed by atoms with Crippen molar-refractivity contribution >= 4 is 18.0 Å². The molecule has 2 N–H and O–H groups in total. The second kappa shape index (κ2) is 6.32. The van der Waals surface area contributed by atoms with Crippen molar-refractivity contribution < 1.29 is 4.79 Å². The molecule has 0 aromatic rings. The van der Waals surface area contributed by atoms with Crippen molar-refractivity contribution in [2.45, 2.75) is 39.0 Å². The molecule has 0 bridgehead atoms. The van der Waals surface area contributed by atoms with E-state index >= 15 is 0 Å². The number of rotatable bonds is 4. The highest BCUT2D eigenvalue weighted by Crippen LogP contribution is 2.22. The zero-order valence-electron chi connectivity index (χ0n) is 9.25. The summed E-state index contributed by atoms with van der Waals surface area (Å²) < 4.78 is 0. The average Bonchev–Trinajstić information content (AvgIpc) is 2.25. The summed E-state index contributed by atoms with van der Waals surface area (Å²) in [6, 6.07) is 0. The number of Topliss-reactive ketones (excluding diaryl/α,β-unsaturated/α-hetero) is 1. The fourth-order valence-electron chi connectivity index (χ4n) is 1.81. The number of nitrogens with one attached hydrogen (secondary N) is 2. The number of ketones is 1. The highest BCUT2D eigenvalue weighted by atomic mass is 16.1. The van der Waals surface area contributed by atoms with Gasteiger partial charge in [0.15, 0.2) is 11.6 Å². The molecule has 84 valence electrons. The Kier molecular flexibility index (Phi) is 5.01. The highest BCUT2D eigenvalue weighted by Gasteiger charge is 2.11. The molecule has 0 radical (unpaired) electrons. The Morgan fingerprint density at radius 3 is 2.73 bits per heavy atom. The molecule has 4 heteroatoms. The van der Waals surface area contributed by atoms with Crippen LogP contribution in [0.1, 0.15) is 39.0 Å². The van der Waals surface area contributed by atoms with Gasteiger partial charge >= 0.3 is 0 Å². The lowest BCUT2D eigenvalue weighted by Gasteiger charge is -2.20. The summed E-state index contributed by atoms with van der Waals surface area (Å²) >= 11 is 0. The largest absolute Gasteiger partial charge is 0.376 e. The second-order valence-electron chi connectivity index (χ2n) is 4.08.